The Morgan fingerprint density at radius 2 is 2.19 bits per heavy atom. The fourth-order valence-corrected chi connectivity index (χ4v) is 3.00. The lowest BCUT2D eigenvalue weighted by atomic mass is 10.2. The minimum Gasteiger partial charge on any atom is -0.324 e. The number of thioether (sulfide) groups is 1. The fraction of sp³-hybridized carbons (Fsp3) is 0.385. The van der Waals surface area contributed by atoms with Crippen LogP contribution in [0.15, 0.2) is 29.4 Å². The molecule has 2 rings (SSSR count). The van der Waals surface area contributed by atoms with Crippen molar-refractivity contribution in [1.29, 1.82) is 0 Å². The van der Waals surface area contributed by atoms with Gasteiger partial charge in [0.25, 0.3) is 5.69 Å². The molecule has 21 heavy (non-hydrogen) atoms. The quantitative estimate of drug-likeness (QED) is 0.500. The molecule has 0 bridgehead atoms. The SMILES string of the molecule is CC(C)n1c(CN)nnc1SCc1cccc([N+](=O)[O-])c1. The summed E-state index contributed by atoms with van der Waals surface area (Å²) in [6, 6.07) is 6.82. The molecule has 0 spiro atoms. The van der Waals surface area contributed by atoms with Crippen molar-refractivity contribution < 1.29 is 4.92 Å². The van der Waals surface area contributed by atoms with Gasteiger partial charge >= 0.3 is 0 Å². The zero-order valence-corrected chi connectivity index (χ0v) is 12.7. The fourth-order valence-electron chi connectivity index (χ4n) is 1.97. The largest absolute Gasteiger partial charge is 0.324 e. The van der Waals surface area contributed by atoms with Crippen LogP contribution in [0.2, 0.25) is 0 Å². The molecule has 7 nitrogen and oxygen atoms in total. The minimum atomic E-state index is -0.392. The first-order valence-corrected chi connectivity index (χ1v) is 7.51. The van der Waals surface area contributed by atoms with E-state index in [9.17, 15) is 10.1 Å². The maximum absolute atomic E-state index is 10.8. The summed E-state index contributed by atoms with van der Waals surface area (Å²) in [4.78, 5) is 10.4. The summed E-state index contributed by atoms with van der Waals surface area (Å²) in [5, 5.41) is 19.8. The molecule has 112 valence electrons. The average molecular weight is 307 g/mol. The van der Waals surface area contributed by atoms with Crippen molar-refractivity contribution in [3.05, 3.63) is 45.8 Å². The number of rotatable bonds is 6. The van der Waals surface area contributed by atoms with Gasteiger partial charge in [0.15, 0.2) is 5.16 Å². The Balaban J connectivity index is 2.15. The van der Waals surface area contributed by atoms with Crippen LogP contribution >= 0.6 is 11.8 Å². The Bertz CT molecular complexity index is 641. The van der Waals surface area contributed by atoms with Crippen LogP contribution in [0.3, 0.4) is 0 Å². The molecule has 0 aliphatic rings. The summed E-state index contributed by atoms with van der Waals surface area (Å²) in [7, 11) is 0. The van der Waals surface area contributed by atoms with E-state index >= 15 is 0 Å². The molecule has 2 N–H and O–H groups in total. The first-order valence-electron chi connectivity index (χ1n) is 6.53. The van der Waals surface area contributed by atoms with Crippen LogP contribution in [0, 0.1) is 10.1 Å². The standard InChI is InChI=1S/C13H17N5O2S/c1-9(2)17-12(7-14)15-16-13(17)21-8-10-4-3-5-11(6-10)18(19)20/h3-6,9H,7-8,14H2,1-2H3. The molecule has 1 heterocycles. The maximum atomic E-state index is 10.8. The van der Waals surface area contributed by atoms with Gasteiger partial charge in [-0.3, -0.25) is 10.1 Å². The molecule has 0 atom stereocenters. The van der Waals surface area contributed by atoms with Gasteiger partial charge in [0.2, 0.25) is 0 Å². The van der Waals surface area contributed by atoms with E-state index in [2.05, 4.69) is 10.2 Å². The Morgan fingerprint density at radius 3 is 2.81 bits per heavy atom. The molecule has 0 radical (unpaired) electrons. The Hall–Kier alpha value is -1.93. The molecule has 8 heteroatoms. The van der Waals surface area contributed by atoms with E-state index in [0.29, 0.717) is 12.3 Å². The third-order valence-corrected chi connectivity index (χ3v) is 3.94. The van der Waals surface area contributed by atoms with Crippen LogP contribution in [0.4, 0.5) is 5.69 Å². The van der Waals surface area contributed by atoms with Gasteiger partial charge in [0.1, 0.15) is 5.82 Å². The lowest BCUT2D eigenvalue weighted by Crippen LogP contribution is -2.11. The van der Waals surface area contributed by atoms with Crippen molar-refractivity contribution in [3.63, 3.8) is 0 Å². The summed E-state index contributed by atoms with van der Waals surface area (Å²) in [5.74, 6) is 1.34. The maximum Gasteiger partial charge on any atom is 0.269 e. The van der Waals surface area contributed by atoms with E-state index < -0.39 is 4.92 Å². The molecular formula is C13H17N5O2S. The van der Waals surface area contributed by atoms with Gasteiger partial charge in [-0.05, 0) is 19.4 Å². The lowest BCUT2D eigenvalue weighted by molar-refractivity contribution is -0.384. The molecule has 0 saturated carbocycles. The van der Waals surface area contributed by atoms with Crippen LogP contribution in [0.25, 0.3) is 0 Å². The first-order chi connectivity index (χ1) is 10.0. The van der Waals surface area contributed by atoms with E-state index in [1.165, 1.54) is 17.8 Å². The Morgan fingerprint density at radius 1 is 1.43 bits per heavy atom. The number of nitro benzene ring substituents is 1. The highest BCUT2D eigenvalue weighted by atomic mass is 32.2. The van der Waals surface area contributed by atoms with Gasteiger partial charge in [-0.25, -0.2) is 0 Å². The number of benzene rings is 1. The van der Waals surface area contributed by atoms with Crippen molar-refractivity contribution in [2.75, 3.05) is 0 Å². The van der Waals surface area contributed by atoms with Crippen LogP contribution in [-0.2, 0) is 12.3 Å². The molecular weight excluding hydrogens is 290 g/mol. The van der Waals surface area contributed by atoms with Gasteiger partial charge in [-0.1, -0.05) is 23.9 Å². The number of hydrogen-bond donors (Lipinski definition) is 1. The normalized spacial score (nSPS) is 11.0. The van der Waals surface area contributed by atoms with Crippen molar-refractivity contribution in [2.24, 2.45) is 5.73 Å². The van der Waals surface area contributed by atoms with Crippen molar-refractivity contribution in [2.45, 2.75) is 37.3 Å². The van der Waals surface area contributed by atoms with E-state index in [1.54, 1.807) is 12.1 Å². The molecule has 2 aromatic rings. The van der Waals surface area contributed by atoms with Gasteiger partial charge < -0.3 is 10.3 Å². The number of nitro groups is 1. The first kappa shape index (κ1) is 15.5. The minimum absolute atomic E-state index is 0.0982. The van der Waals surface area contributed by atoms with Crippen LogP contribution in [0.5, 0.6) is 0 Å². The predicted molar refractivity (Wildman–Crippen MR) is 81.0 cm³/mol. The van der Waals surface area contributed by atoms with E-state index in [0.717, 1.165) is 16.5 Å². The highest BCUT2D eigenvalue weighted by molar-refractivity contribution is 7.98. The smallest absolute Gasteiger partial charge is 0.269 e. The summed E-state index contributed by atoms with van der Waals surface area (Å²) in [6.07, 6.45) is 0. The molecule has 0 saturated heterocycles. The third-order valence-electron chi connectivity index (χ3n) is 2.92. The molecule has 0 amide bonds. The highest BCUT2D eigenvalue weighted by Gasteiger charge is 2.14. The number of non-ortho nitro benzene ring substituents is 1. The van der Waals surface area contributed by atoms with E-state index in [1.807, 2.05) is 24.5 Å². The second-order valence-corrected chi connectivity index (χ2v) is 5.72. The van der Waals surface area contributed by atoms with Gasteiger partial charge in [-0.15, -0.1) is 10.2 Å². The second-order valence-electron chi connectivity index (χ2n) is 4.78. The van der Waals surface area contributed by atoms with E-state index in [4.69, 9.17) is 5.73 Å². The van der Waals surface area contributed by atoms with Crippen molar-refractivity contribution in [3.8, 4) is 0 Å². The molecule has 0 aliphatic carbocycles. The predicted octanol–water partition coefficient (Wildman–Crippen LogP) is 2.52. The topological polar surface area (TPSA) is 99.9 Å². The van der Waals surface area contributed by atoms with Crippen LogP contribution in [0.1, 0.15) is 31.3 Å². The van der Waals surface area contributed by atoms with Crippen LogP contribution in [-0.4, -0.2) is 19.7 Å². The molecule has 1 aromatic carbocycles. The number of nitrogens with zero attached hydrogens (tertiary/aromatic N) is 4. The van der Waals surface area contributed by atoms with Crippen molar-refractivity contribution in [1.82, 2.24) is 14.8 Å². The van der Waals surface area contributed by atoms with Gasteiger partial charge in [0, 0.05) is 23.9 Å². The van der Waals surface area contributed by atoms with E-state index in [-0.39, 0.29) is 11.7 Å². The van der Waals surface area contributed by atoms with Gasteiger partial charge in [0.05, 0.1) is 11.5 Å². The second kappa shape index (κ2) is 6.68. The molecule has 0 fully saturated rings. The number of nitrogens with two attached hydrogens (primary N) is 1. The number of hydrogen-bond acceptors (Lipinski definition) is 6. The van der Waals surface area contributed by atoms with Gasteiger partial charge in [-0.2, -0.15) is 0 Å². The van der Waals surface area contributed by atoms with Crippen LogP contribution < -0.4 is 5.73 Å². The highest BCUT2D eigenvalue weighted by Crippen LogP contribution is 2.26. The van der Waals surface area contributed by atoms with Crippen molar-refractivity contribution >= 4 is 17.4 Å². The average Bonchev–Trinajstić information content (AvgIpc) is 2.88. The summed E-state index contributed by atoms with van der Waals surface area (Å²) < 4.78 is 1.99. The Labute approximate surface area is 126 Å². The zero-order valence-electron chi connectivity index (χ0n) is 11.9. The molecule has 0 unspecified atom stereocenters. The Kier molecular flexibility index (Phi) is 4.92. The monoisotopic (exact) mass is 307 g/mol. The summed E-state index contributed by atoms with van der Waals surface area (Å²) in [6.45, 7) is 4.42. The summed E-state index contributed by atoms with van der Waals surface area (Å²) >= 11 is 1.50. The zero-order chi connectivity index (χ0) is 15.4. The number of aromatic nitrogens is 3. The lowest BCUT2D eigenvalue weighted by Gasteiger charge is -2.12. The third kappa shape index (κ3) is 3.59. The molecule has 0 aliphatic heterocycles. The molecule has 1 aromatic heterocycles. The summed E-state index contributed by atoms with van der Waals surface area (Å²) in [5.41, 5.74) is 6.63.